The first-order valence-corrected chi connectivity index (χ1v) is 5.14. The van der Waals surface area contributed by atoms with Crippen molar-refractivity contribution in [3.8, 4) is 0 Å². The number of amides is 2. The summed E-state index contributed by atoms with van der Waals surface area (Å²) in [4.78, 5) is 23.9. The second-order valence-corrected chi connectivity index (χ2v) is 3.91. The van der Waals surface area contributed by atoms with Gasteiger partial charge in [-0.1, -0.05) is 19.3 Å². The van der Waals surface area contributed by atoms with Crippen molar-refractivity contribution >= 4 is 11.8 Å². The summed E-state index contributed by atoms with van der Waals surface area (Å²) >= 11 is 0. The molecule has 1 aliphatic carbocycles. The zero-order chi connectivity index (χ0) is 9.97. The van der Waals surface area contributed by atoms with Crippen molar-refractivity contribution in [3.63, 3.8) is 0 Å². The van der Waals surface area contributed by atoms with Crippen molar-refractivity contribution in [1.82, 2.24) is 4.90 Å². The minimum Gasteiger partial charge on any atom is -0.275 e. The fraction of sp³-hybridized carbons (Fsp3) is 0.545. The van der Waals surface area contributed by atoms with E-state index < -0.39 is 0 Å². The third-order valence-corrected chi connectivity index (χ3v) is 2.84. The molecule has 1 saturated carbocycles. The highest BCUT2D eigenvalue weighted by Gasteiger charge is 2.27. The molecule has 0 aromatic rings. The summed E-state index contributed by atoms with van der Waals surface area (Å²) in [6.45, 7) is 0.546. The van der Waals surface area contributed by atoms with Gasteiger partial charge in [-0.25, -0.2) is 0 Å². The van der Waals surface area contributed by atoms with Crippen LogP contribution in [-0.4, -0.2) is 23.3 Å². The number of carbonyl (C=O) groups is 2. The molecule has 0 bridgehead atoms. The van der Waals surface area contributed by atoms with Crippen LogP contribution in [0.4, 0.5) is 0 Å². The molecular formula is C11H14NO2. The zero-order valence-corrected chi connectivity index (χ0v) is 8.16. The van der Waals surface area contributed by atoms with Gasteiger partial charge in [-0.15, -0.1) is 0 Å². The van der Waals surface area contributed by atoms with Crippen LogP contribution in [0.3, 0.4) is 0 Å². The molecule has 75 valence electrons. The van der Waals surface area contributed by atoms with Crippen molar-refractivity contribution in [2.24, 2.45) is 0 Å². The Hall–Kier alpha value is -1.12. The highest BCUT2D eigenvalue weighted by Crippen LogP contribution is 2.26. The van der Waals surface area contributed by atoms with Crippen molar-refractivity contribution in [2.45, 2.75) is 32.1 Å². The van der Waals surface area contributed by atoms with Gasteiger partial charge in [-0.05, 0) is 18.8 Å². The molecule has 1 fully saturated rings. The molecule has 1 heterocycles. The number of rotatable bonds is 2. The van der Waals surface area contributed by atoms with Gasteiger partial charge in [0.15, 0.2) is 0 Å². The fourth-order valence-electron chi connectivity index (χ4n) is 2.02. The number of hydrogen-bond donors (Lipinski definition) is 0. The van der Waals surface area contributed by atoms with Gasteiger partial charge in [-0.3, -0.25) is 14.5 Å². The van der Waals surface area contributed by atoms with Crippen molar-refractivity contribution < 1.29 is 9.59 Å². The lowest BCUT2D eigenvalue weighted by atomic mass is 9.89. The van der Waals surface area contributed by atoms with Gasteiger partial charge < -0.3 is 0 Å². The van der Waals surface area contributed by atoms with E-state index >= 15 is 0 Å². The first kappa shape index (κ1) is 9.44. The van der Waals surface area contributed by atoms with Crippen molar-refractivity contribution in [3.05, 3.63) is 18.1 Å². The van der Waals surface area contributed by atoms with E-state index in [0.29, 0.717) is 6.54 Å². The Balaban J connectivity index is 1.90. The molecule has 14 heavy (non-hydrogen) atoms. The summed E-state index contributed by atoms with van der Waals surface area (Å²) in [5, 5.41) is 0. The van der Waals surface area contributed by atoms with E-state index in [0.717, 1.165) is 12.8 Å². The van der Waals surface area contributed by atoms with Crippen LogP contribution in [0.1, 0.15) is 32.1 Å². The van der Waals surface area contributed by atoms with Crippen LogP contribution in [-0.2, 0) is 9.59 Å². The summed E-state index contributed by atoms with van der Waals surface area (Å²) in [7, 11) is 0. The van der Waals surface area contributed by atoms with Crippen LogP contribution in [0.2, 0.25) is 0 Å². The predicted octanol–water partition coefficient (Wildman–Crippen LogP) is 1.45. The van der Waals surface area contributed by atoms with Crippen LogP contribution in [0, 0.1) is 5.92 Å². The molecule has 0 N–H and O–H groups in total. The molecule has 0 aromatic carbocycles. The lowest BCUT2D eigenvalue weighted by molar-refractivity contribution is -0.136. The Bertz CT molecular complexity index is 259. The van der Waals surface area contributed by atoms with Gasteiger partial charge in [0.05, 0.1) is 0 Å². The molecule has 0 spiro atoms. The standard InChI is InChI=1S/C11H14NO2/c13-10-6-7-11(14)12(10)8-9-4-2-1-3-5-9/h6-7H,1-5,8H2. The monoisotopic (exact) mass is 192 g/mol. The summed E-state index contributed by atoms with van der Waals surface area (Å²) in [6, 6.07) is 0. The van der Waals surface area contributed by atoms with Crippen molar-refractivity contribution in [2.75, 3.05) is 6.54 Å². The third-order valence-electron chi connectivity index (χ3n) is 2.84. The minimum atomic E-state index is -0.159. The maximum absolute atomic E-state index is 11.3. The molecule has 0 saturated heterocycles. The molecule has 2 aliphatic rings. The fourth-order valence-corrected chi connectivity index (χ4v) is 2.02. The highest BCUT2D eigenvalue weighted by molar-refractivity contribution is 6.12. The summed E-state index contributed by atoms with van der Waals surface area (Å²) in [5.41, 5.74) is 0. The third kappa shape index (κ3) is 1.86. The molecule has 0 atom stereocenters. The van der Waals surface area contributed by atoms with Gasteiger partial charge in [0.25, 0.3) is 11.8 Å². The van der Waals surface area contributed by atoms with Crippen LogP contribution in [0.25, 0.3) is 0 Å². The Labute approximate surface area is 83.8 Å². The number of imide groups is 1. The Kier molecular flexibility index (Phi) is 2.66. The van der Waals surface area contributed by atoms with E-state index in [4.69, 9.17) is 0 Å². The molecule has 2 rings (SSSR count). The summed E-state index contributed by atoms with van der Waals surface area (Å²) in [5.74, 6) is 1.03. The van der Waals surface area contributed by atoms with E-state index in [2.05, 4.69) is 0 Å². The summed E-state index contributed by atoms with van der Waals surface area (Å²) < 4.78 is 0. The minimum absolute atomic E-state index is 0.159. The topological polar surface area (TPSA) is 37.4 Å². The van der Waals surface area contributed by atoms with Crippen molar-refractivity contribution in [1.29, 1.82) is 0 Å². The number of nitrogens with zero attached hydrogens (tertiary/aromatic N) is 1. The molecule has 1 aliphatic heterocycles. The SMILES string of the molecule is O=C1C=CC(=O)N1C[C]1CCCCC1. The van der Waals surface area contributed by atoms with Gasteiger partial charge in [0.2, 0.25) is 0 Å². The van der Waals surface area contributed by atoms with Crippen LogP contribution in [0.5, 0.6) is 0 Å². The first-order chi connectivity index (χ1) is 6.77. The molecule has 3 nitrogen and oxygen atoms in total. The predicted molar refractivity (Wildman–Crippen MR) is 52.2 cm³/mol. The Morgan fingerprint density at radius 3 is 2.14 bits per heavy atom. The smallest absolute Gasteiger partial charge is 0.253 e. The van der Waals surface area contributed by atoms with Crippen LogP contribution < -0.4 is 0 Å². The van der Waals surface area contributed by atoms with Gasteiger partial charge in [0, 0.05) is 18.7 Å². The maximum Gasteiger partial charge on any atom is 0.253 e. The van der Waals surface area contributed by atoms with Crippen LogP contribution in [0.15, 0.2) is 12.2 Å². The van der Waals surface area contributed by atoms with E-state index in [-0.39, 0.29) is 11.8 Å². The number of carbonyl (C=O) groups excluding carboxylic acids is 2. The normalized spacial score (nSPS) is 23.6. The van der Waals surface area contributed by atoms with E-state index in [1.165, 1.54) is 42.2 Å². The molecular weight excluding hydrogens is 178 g/mol. The van der Waals surface area contributed by atoms with E-state index in [1.807, 2.05) is 0 Å². The molecule has 0 unspecified atom stereocenters. The second kappa shape index (κ2) is 3.95. The molecule has 3 heteroatoms. The molecule has 2 amide bonds. The Morgan fingerprint density at radius 1 is 1.00 bits per heavy atom. The summed E-state index contributed by atoms with van der Waals surface area (Å²) in [6.07, 6.45) is 8.56. The largest absolute Gasteiger partial charge is 0.275 e. The highest BCUT2D eigenvalue weighted by atomic mass is 16.2. The molecule has 0 aromatic heterocycles. The van der Waals surface area contributed by atoms with E-state index in [1.54, 1.807) is 0 Å². The average Bonchev–Trinajstić information content (AvgIpc) is 2.51. The van der Waals surface area contributed by atoms with Gasteiger partial charge in [0.1, 0.15) is 0 Å². The average molecular weight is 192 g/mol. The Morgan fingerprint density at radius 2 is 1.57 bits per heavy atom. The van der Waals surface area contributed by atoms with Crippen LogP contribution >= 0.6 is 0 Å². The maximum atomic E-state index is 11.3. The first-order valence-electron chi connectivity index (χ1n) is 5.14. The zero-order valence-electron chi connectivity index (χ0n) is 8.16. The number of hydrogen-bond acceptors (Lipinski definition) is 2. The molecule has 1 radical (unpaired) electrons. The lowest BCUT2D eigenvalue weighted by Crippen LogP contribution is -2.34. The van der Waals surface area contributed by atoms with Gasteiger partial charge >= 0.3 is 0 Å². The second-order valence-electron chi connectivity index (χ2n) is 3.91. The van der Waals surface area contributed by atoms with Gasteiger partial charge in [-0.2, -0.15) is 0 Å². The quantitative estimate of drug-likeness (QED) is 0.621. The van der Waals surface area contributed by atoms with E-state index in [9.17, 15) is 9.59 Å². The lowest BCUT2D eigenvalue weighted by Gasteiger charge is -2.24.